The van der Waals surface area contributed by atoms with Gasteiger partial charge in [0.15, 0.2) is 0 Å². The van der Waals surface area contributed by atoms with Crippen molar-refractivity contribution in [3.63, 3.8) is 0 Å². The van der Waals surface area contributed by atoms with Gasteiger partial charge in [0.2, 0.25) is 0 Å². The van der Waals surface area contributed by atoms with Gasteiger partial charge in [0, 0.05) is 10.9 Å². The van der Waals surface area contributed by atoms with Gasteiger partial charge in [-0.2, -0.15) is 0 Å². The number of aryl methyl sites for hydroxylation is 1. The molecule has 0 saturated heterocycles. The van der Waals surface area contributed by atoms with Crippen molar-refractivity contribution in [1.29, 1.82) is 0 Å². The predicted molar refractivity (Wildman–Crippen MR) is 69.7 cm³/mol. The summed E-state index contributed by atoms with van der Waals surface area (Å²) < 4.78 is 15.5. The Morgan fingerprint density at radius 2 is 1.71 bits per heavy atom. The van der Waals surface area contributed by atoms with Gasteiger partial charge in [0.1, 0.15) is 5.82 Å². The summed E-state index contributed by atoms with van der Waals surface area (Å²) in [5, 5.41) is 0.817. The maximum atomic E-state index is 7.77. The third kappa shape index (κ3) is 1.78. The molecule has 0 saturated carbocycles. The quantitative estimate of drug-likeness (QED) is 0.628. The SMILES string of the molecule is [2H]c1cc2nc(C)nc(-c3ccccc3)c2cc1[2H]. The van der Waals surface area contributed by atoms with Crippen molar-refractivity contribution in [3.8, 4) is 11.3 Å². The van der Waals surface area contributed by atoms with Crippen LogP contribution in [0.4, 0.5) is 0 Å². The molecule has 1 aromatic heterocycles. The lowest BCUT2D eigenvalue weighted by Crippen LogP contribution is -1.93. The highest BCUT2D eigenvalue weighted by molar-refractivity contribution is 5.92. The first-order valence-electron chi connectivity index (χ1n) is 6.46. The van der Waals surface area contributed by atoms with Crippen molar-refractivity contribution in [2.24, 2.45) is 0 Å². The van der Waals surface area contributed by atoms with Gasteiger partial charge in [-0.05, 0) is 13.0 Å². The minimum atomic E-state index is 0.185. The van der Waals surface area contributed by atoms with Gasteiger partial charge < -0.3 is 0 Å². The Morgan fingerprint density at radius 3 is 2.53 bits per heavy atom. The van der Waals surface area contributed by atoms with Crippen molar-refractivity contribution < 1.29 is 2.74 Å². The fourth-order valence-electron chi connectivity index (χ4n) is 1.90. The molecule has 2 nitrogen and oxygen atoms in total. The second kappa shape index (κ2) is 3.98. The van der Waals surface area contributed by atoms with Crippen molar-refractivity contribution in [2.45, 2.75) is 6.92 Å². The Bertz CT molecular complexity index is 755. The summed E-state index contributed by atoms with van der Waals surface area (Å²) in [5.41, 5.74) is 2.53. The van der Waals surface area contributed by atoms with Crippen LogP contribution in [0.1, 0.15) is 8.57 Å². The first-order chi connectivity index (χ1) is 9.15. The van der Waals surface area contributed by atoms with Gasteiger partial charge in [-0.1, -0.05) is 48.5 Å². The molecule has 3 aromatic rings. The molecule has 0 spiro atoms. The third-order valence-corrected chi connectivity index (χ3v) is 2.64. The molecule has 1 heterocycles. The minimum Gasteiger partial charge on any atom is -0.233 e. The highest BCUT2D eigenvalue weighted by Crippen LogP contribution is 2.25. The number of rotatable bonds is 1. The number of fused-ring (bicyclic) bond motifs is 1. The van der Waals surface area contributed by atoms with Crippen LogP contribution in [0, 0.1) is 6.92 Å². The van der Waals surface area contributed by atoms with Gasteiger partial charge in [-0.15, -0.1) is 0 Å². The van der Waals surface area contributed by atoms with Crippen molar-refractivity contribution in [1.82, 2.24) is 9.97 Å². The van der Waals surface area contributed by atoms with E-state index in [-0.39, 0.29) is 12.1 Å². The molecule has 2 heteroatoms. The molecule has 2 aromatic carbocycles. The zero-order chi connectivity index (χ0) is 13.4. The summed E-state index contributed by atoms with van der Waals surface area (Å²) in [4.78, 5) is 8.84. The first kappa shape index (κ1) is 7.96. The van der Waals surface area contributed by atoms with Gasteiger partial charge in [0.25, 0.3) is 0 Å². The molecule has 0 N–H and O–H groups in total. The van der Waals surface area contributed by atoms with E-state index in [4.69, 9.17) is 2.74 Å². The molecule has 0 unspecified atom stereocenters. The van der Waals surface area contributed by atoms with E-state index in [0.29, 0.717) is 11.3 Å². The fourth-order valence-corrected chi connectivity index (χ4v) is 1.90. The number of nitrogens with zero attached hydrogens (tertiary/aromatic N) is 2. The lowest BCUT2D eigenvalue weighted by atomic mass is 10.1. The zero-order valence-electron chi connectivity index (χ0n) is 11.4. The van der Waals surface area contributed by atoms with Crippen LogP contribution in [0.5, 0.6) is 0 Å². The molecule has 0 aliphatic heterocycles. The van der Waals surface area contributed by atoms with Crippen molar-refractivity contribution in [2.75, 3.05) is 0 Å². The molecule has 0 aliphatic rings. The average Bonchev–Trinajstić information content (AvgIpc) is 2.41. The maximum absolute atomic E-state index is 7.77. The second-order valence-corrected chi connectivity index (χ2v) is 3.86. The monoisotopic (exact) mass is 222 g/mol. The van der Waals surface area contributed by atoms with Gasteiger partial charge in [-0.25, -0.2) is 9.97 Å². The zero-order valence-corrected chi connectivity index (χ0v) is 9.44. The normalized spacial score (nSPS) is 12.3. The third-order valence-electron chi connectivity index (χ3n) is 2.64. The van der Waals surface area contributed by atoms with Crippen LogP contribution in [0.3, 0.4) is 0 Å². The molecule has 3 rings (SSSR count). The van der Waals surface area contributed by atoms with Crippen LogP contribution in [0.25, 0.3) is 22.2 Å². The molecule has 82 valence electrons. The number of hydrogen-bond acceptors (Lipinski definition) is 2. The van der Waals surface area contributed by atoms with E-state index in [1.54, 1.807) is 12.1 Å². The lowest BCUT2D eigenvalue weighted by Gasteiger charge is -2.06. The Labute approximate surface area is 103 Å². The Morgan fingerprint density at radius 1 is 0.941 bits per heavy atom. The Balaban J connectivity index is 2.38. The fraction of sp³-hybridized carbons (Fsp3) is 0.0667. The summed E-state index contributed by atoms with van der Waals surface area (Å²) in [6.07, 6.45) is 0. The predicted octanol–water partition coefficient (Wildman–Crippen LogP) is 3.61. The van der Waals surface area contributed by atoms with Crippen LogP contribution in [0.2, 0.25) is 0 Å². The van der Waals surface area contributed by atoms with E-state index >= 15 is 0 Å². The number of para-hydroxylation sites is 1. The smallest absolute Gasteiger partial charge is 0.126 e. The van der Waals surface area contributed by atoms with Crippen molar-refractivity contribution >= 4 is 10.9 Å². The molecular weight excluding hydrogens is 208 g/mol. The molecule has 0 fully saturated rings. The Hall–Kier alpha value is -2.22. The molecule has 0 amide bonds. The van der Waals surface area contributed by atoms with Gasteiger partial charge >= 0.3 is 0 Å². The molecule has 0 radical (unpaired) electrons. The van der Waals surface area contributed by atoms with E-state index in [1.165, 1.54) is 0 Å². The average molecular weight is 222 g/mol. The summed E-state index contributed by atoms with van der Waals surface area (Å²) in [5.74, 6) is 0.670. The highest BCUT2D eigenvalue weighted by Gasteiger charge is 2.06. The maximum Gasteiger partial charge on any atom is 0.126 e. The topological polar surface area (TPSA) is 25.8 Å². The van der Waals surface area contributed by atoms with Crippen molar-refractivity contribution in [3.05, 3.63) is 60.4 Å². The minimum absolute atomic E-state index is 0.185. The highest BCUT2D eigenvalue weighted by atomic mass is 14.9. The van der Waals surface area contributed by atoms with Gasteiger partial charge in [-0.3, -0.25) is 0 Å². The number of hydrogen-bond donors (Lipinski definition) is 0. The van der Waals surface area contributed by atoms with E-state index in [9.17, 15) is 0 Å². The molecule has 0 bridgehead atoms. The second-order valence-electron chi connectivity index (χ2n) is 3.86. The molecule has 0 atom stereocenters. The van der Waals surface area contributed by atoms with Crippen LogP contribution in [-0.2, 0) is 0 Å². The lowest BCUT2D eigenvalue weighted by molar-refractivity contribution is 1.10. The van der Waals surface area contributed by atoms with E-state index in [2.05, 4.69) is 9.97 Å². The summed E-state index contributed by atoms with van der Waals surface area (Å²) in [7, 11) is 0. The van der Waals surface area contributed by atoms with Crippen LogP contribution in [0.15, 0.2) is 54.5 Å². The summed E-state index contributed by atoms with van der Waals surface area (Å²) in [6.45, 7) is 1.84. The van der Waals surface area contributed by atoms with Crippen LogP contribution >= 0.6 is 0 Å². The standard InChI is InChI=1S/C15H12N2/c1-11-16-14-10-6-5-9-13(14)15(17-11)12-7-3-2-4-8-12/h2-10H,1H3/i5D,6D. The van der Waals surface area contributed by atoms with E-state index in [0.717, 1.165) is 16.6 Å². The summed E-state index contributed by atoms with van der Waals surface area (Å²) >= 11 is 0. The Kier molecular flexibility index (Phi) is 1.86. The van der Waals surface area contributed by atoms with Crippen LogP contribution < -0.4 is 0 Å². The first-order valence-corrected chi connectivity index (χ1v) is 5.46. The molecule has 17 heavy (non-hydrogen) atoms. The number of aromatic nitrogens is 2. The molecular formula is C15H12N2. The van der Waals surface area contributed by atoms with E-state index < -0.39 is 0 Å². The molecule has 0 aliphatic carbocycles. The van der Waals surface area contributed by atoms with Crippen LogP contribution in [-0.4, -0.2) is 9.97 Å². The van der Waals surface area contributed by atoms with E-state index in [1.807, 2.05) is 37.3 Å². The number of benzene rings is 2. The largest absolute Gasteiger partial charge is 0.233 e. The van der Waals surface area contributed by atoms with Gasteiger partial charge in [0.05, 0.1) is 14.0 Å². The summed E-state index contributed by atoms with van der Waals surface area (Å²) in [6, 6.07) is 13.5.